The van der Waals surface area contributed by atoms with Gasteiger partial charge in [0.15, 0.2) is 0 Å². The summed E-state index contributed by atoms with van der Waals surface area (Å²) in [5.74, 6) is 4.29. The fourth-order valence-electron chi connectivity index (χ4n) is 2.59. The van der Waals surface area contributed by atoms with Gasteiger partial charge in [-0.25, -0.2) is 19.9 Å². The summed E-state index contributed by atoms with van der Waals surface area (Å²) in [5, 5.41) is 0. The minimum absolute atomic E-state index is 0. The first-order chi connectivity index (χ1) is 15.3. The molecule has 0 unspecified atom stereocenters. The maximum Gasteiger partial charge on any atom is 3.00 e. The van der Waals surface area contributed by atoms with Crippen LogP contribution >= 0.6 is 0 Å². The fraction of sp³-hybridized carbons (Fsp3) is 0.500. The van der Waals surface area contributed by atoms with Gasteiger partial charge in [0.05, 0.1) is 0 Å². The Morgan fingerprint density at radius 3 is 0.667 bits per heavy atom. The van der Waals surface area contributed by atoms with Crippen LogP contribution in [0.4, 0.5) is 0 Å². The molecule has 0 saturated carbocycles. The van der Waals surface area contributed by atoms with Gasteiger partial charge in [-0.3, -0.25) is 0 Å². The van der Waals surface area contributed by atoms with Crippen LogP contribution in [-0.2, 0) is 48.1 Å². The van der Waals surface area contributed by atoms with Crippen LogP contribution in [0.3, 0.4) is 0 Å². The Labute approximate surface area is 250 Å². The van der Waals surface area contributed by atoms with Gasteiger partial charge >= 0.3 is 22.4 Å². The molecule has 0 amide bonds. The molecule has 0 spiro atoms. The van der Waals surface area contributed by atoms with Gasteiger partial charge in [-0.1, -0.05) is 27.7 Å². The standard InChI is InChI=1S/4C6H10N2.Au.3ClH/c4*1-3-6-7-4-5(2)8-6;;;;/h4*4H,3H2,1-2H3,(H,7,8);;3*1H/q;;;;+3;;;/p-3. The molecular weight excluding hydrogens is 704 g/mol. The maximum absolute atomic E-state index is 4.08. The fourth-order valence-corrected chi connectivity index (χ4v) is 2.59. The van der Waals surface area contributed by atoms with Crippen LogP contribution < -0.4 is 37.2 Å². The van der Waals surface area contributed by atoms with E-state index in [2.05, 4.69) is 67.6 Å². The number of nitrogens with zero attached hydrogens (tertiary/aromatic N) is 4. The Hall–Kier alpha value is -1.55. The number of nitrogens with one attached hydrogen (secondary N) is 4. The van der Waals surface area contributed by atoms with Crippen molar-refractivity contribution in [1.82, 2.24) is 39.9 Å². The minimum Gasteiger partial charge on any atom is -1.00 e. The summed E-state index contributed by atoms with van der Waals surface area (Å²) in [6, 6.07) is 0. The van der Waals surface area contributed by atoms with E-state index in [0.717, 1.165) is 71.8 Å². The van der Waals surface area contributed by atoms with Crippen LogP contribution in [0.25, 0.3) is 0 Å². The molecule has 208 valence electrons. The average Bonchev–Trinajstić information content (AvgIpc) is 3.58. The second-order valence-corrected chi connectivity index (χ2v) is 7.47. The second kappa shape index (κ2) is 23.8. The molecule has 0 radical (unpaired) electrons. The van der Waals surface area contributed by atoms with E-state index < -0.39 is 0 Å². The van der Waals surface area contributed by atoms with Crippen LogP contribution in [-0.4, -0.2) is 39.9 Å². The zero-order valence-electron chi connectivity index (χ0n) is 22.4. The molecular formula is C24H40AuCl3N8. The predicted octanol–water partition coefficient (Wildman–Crippen LogP) is -3.87. The van der Waals surface area contributed by atoms with Gasteiger partial charge in [-0.2, -0.15) is 0 Å². The zero-order chi connectivity index (χ0) is 23.9. The average molecular weight is 744 g/mol. The molecule has 4 rings (SSSR count). The summed E-state index contributed by atoms with van der Waals surface area (Å²) >= 11 is 0. The van der Waals surface area contributed by atoms with E-state index >= 15 is 0 Å². The molecule has 36 heavy (non-hydrogen) atoms. The monoisotopic (exact) mass is 742 g/mol. The topological polar surface area (TPSA) is 115 Å². The van der Waals surface area contributed by atoms with Crippen molar-refractivity contribution in [3.63, 3.8) is 0 Å². The first-order valence-corrected chi connectivity index (χ1v) is 11.3. The van der Waals surface area contributed by atoms with Crippen molar-refractivity contribution < 1.29 is 59.6 Å². The number of hydrogen-bond acceptors (Lipinski definition) is 4. The van der Waals surface area contributed by atoms with Gasteiger partial charge < -0.3 is 57.2 Å². The van der Waals surface area contributed by atoms with E-state index in [1.54, 1.807) is 0 Å². The normalized spacial score (nSPS) is 8.67. The molecule has 12 heteroatoms. The molecule has 4 heterocycles. The number of halogens is 3. The molecule has 8 nitrogen and oxygen atoms in total. The predicted molar refractivity (Wildman–Crippen MR) is 131 cm³/mol. The summed E-state index contributed by atoms with van der Waals surface area (Å²) in [5.41, 5.74) is 4.56. The molecule has 0 aliphatic carbocycles. The molecule has 4 aromatic rings. The van der Waals surface area contributed by atoms with Crippen molar-refractivity contribution >= 4 is 0 Å². The van der Waals surface area contributed by atoms with Crippen molar-refractivity contribution in [3.8, 4) is 0 Å². The first-order valence-electron chi connectivity index (χ1n) is 11.3. The van der Waals surface area contributed by atoms with Crippen LogP contribution in [0.5, 0.6) is 0 Å². The largest absolute Gasteiger partial charge is 3.00 e. The number of rotatable bonds is 4. The Kier molecular flexibility index (Phi) is 27.5. The van der Waals surface area contributed by atoms with Gasteiger partial charge in [-0.15, -0.1) is 0 Å². The number of aromatic amines is 4. The van der Waals surface area contributed by atoms with Crippen molar-refractivity contribution in [3.05, 3.63) is 70.9 Å². The first kappa shape index (κ1) is 41.6. The van der Waals surface area contributed by atoms with E-state index in [1.165, 1.54) is 0 Å². The Balaban J connectivity index is -0.000000183. The Bertz CT molecular complexity index is 850. The molecule has 0 bridgehead atoms. The number of H-pyrrole nitrogens is 4. The van der Waals surface area contributed by atoms with Crippen molar-refractivity contribution in [1.29, 1.82) is 0 Å². The molecule has 4 aromatic heterocycles. The van der Waals surface area contributed by atoms with E-state index in [0.29, 0.717) is 0 Å². The summed E-state index contributed by atoms with van der Waals surface area (Å²) in [4.78, 5) is 28.8. The summed E-state index contributed by atoms with van der Waals surface area (Å²) in [6.45, 7) is 16.4. The van der Waals surface area contributed by atoms with Crippen molar-refractivity contribution in [2.75, 3.05) is 0 Å². The smallest absolute Gasteiger partial charge is 1.00 e. The number of aromatic nitrogens is 8. The Morgan fingerprint density at radius 1 is 0.444 bits per heavy atom. The molecule has 0 fully saturated rings. The van der Waals surface area contributed by atoms with Crippen LogP contribution in [0.2, 0.25) is 0 Å². The van der Waals surface area contributed by atoms with Crippen molar-refractivity contribution in [2.24, 2.45) is 0 Å². The molecule has 4 N–H and O–H groups in total. The molecule has 0 atom stereocenters. The van der Waals surface area contributed by atoms with Gasteiger partial charge in [0, 0.05) is 73.2 Å². The third-order valence-corrected chi connectivity index (χ3v) is 4.36. The summed E-state index contributed by atoms with van der Waals surface area (Å²) in [7, 11) is 0. The van der Waals surface area contributed by atoms with Crippen LogP contribution in [0.15, 0.2) is 24.8 Å². The zero-order valence-corrected chi connectivity index (χ0v) is 26.8. The molecule has 0 aliphatic rings. The van der Waals surface area contributed by atoms with Gasteiger partial charge in [0.1, 0.15) is 23.3 Å². The SMILES string of the molecule is CCc1ncc(C)[nH]1.CCc1ncc(C)[nH]1.CCc1ncc(C)[nH]1.CCc1ncc(C)[nH]1.[Au+3].[Cl-].[Cl-].[Cl-]. The van der Waals surface area contributed by atoms with Gasteiger partial charge in [-0.05, 0) is 27.7 Å². The summed E-state index contributed by atoms with van der Waals surface area (Å²) < 4.78 is 0. The molecule has 0 saturated heterocycles. The maximum atomic E-state index is 4.08. The summed E-state index contributed by atoms with van der Waals surface area (Å²) in [6.07, 6.45) is 11.4. The second-order valence-electron chi connectivity index (χ2n) is 7.47. The number of aryl methyl sites for hydroxylation is 8. The third kappa shape index (κ3) is 17.8. The minimum atomic E-state index is 0. The third-order valence-electron chi connectivity index (χ3n) is 4.36. The van der Waals surface area contributed by atoms with Crippen LogP contribution in [0.1, 0.15) is 73.8 Å². The van der Waals surface area contributed by atoms with E-state index in [-0.39, 0.29) is 59.6 Å². The van der Waals surface area contributed by atoms with E-state index in [1.807, 2.05) is 52.5 Å². The quantitative estimate of drug-likeness (QED) is 0.161. The van der Waals surface area contributed by atoms with Gasteiger partial charge in [0.25, 0.3) is 0 Å². The Morgan fingerprint density at radius 2 is 0.611 bits per heavy atom. The van der Waals surface area contributed by atoms with Gasteiger partial charge in [0.2, 0.25) is 0 Å². The van der Waals surface area contributed by atoms with Crippen molar-refractivity contribution in [2.45, 2.75) is 81.1 Å². The van der Waals surface area contributed by atoms with E-state index in [9.17, 15) is 0 Å². The van der Waals surface area contributed by atoms with Crippen LogP contribution in [0, 0.1) is 27.7 Å². The van der Waals surface area contributed by atoms with E-state index in [4.69, 9.17) is 0 Å². The molecule has 0 aliphatic heterocycles. The number of imidazole rings is 4. The number of hydrogen-bond donors (Lipinski definition) is 4. The molecule has 0 aromatic carbocycles.